The van der Waals surface area contributed by atoms with Gasteiger partial charge in [-0.1, -0.05) is 302 Å². The van der Waals surface area contributed by atoms with Gasteiger partial charge in [-0.3, -0.25) is 9.59 Å². The van der Waals surface area contributed by atoms with E-state index in [0.717, 1.165) is 57.8 Å². The zero-order chi connectivity index (χ0) is 50.0. The summed E-state index contributed by atoms with van der Waals surface area (Å²) in [5, 5.41) is 23.4. The number of hydrogen-bond donors (Lipinski definition) is 3. The summed E-state index contributed by atoms with van der Waals surface area (Å²) < 4.78 is 5.48. The molecular weight excluding hydrogens is 851 g/mol. The highest BCUT2D eigenvalue weighted by atomic mass is 16.5. The molecule has 0 aromatic carbocycles. The van der Waals surface area contributed by atoms with Crippen LogP contribution in [0.4, 0.5) is 0 Å². The average Bonchev–Trinajstić information content (AvgIpc) is 3.35. The van der Waals surface area contributed by atoms with Crippen molar-refractivity contribution in [2.24, 2.45) is 0 Å². The number of ether oxygens (including phenoxy) is 1. The summed E-state index contributed by atoms with van der Waals surface area (Å²) in [7, 11) is 0. The largest absolute Gasteiger partial charge is 0.466 e. The Hall–Kier alpha value is -1.40. The van der Waals surface area contributed by atoms with Gasteiger partial charge < -0.3 is 20.3 Å². The Labute approximate surface area is 431 Å². The molecule has 0 aliphatic heterocycles. The molecule has 1 amide bonds. The molecule has 0 fully saturated rings. The summed E-state index contributed by atoms with van der Waals surface area (Å²) in [6.45, 7) is 4.94. The fourth-order valence-corrected chi connectivity index (χ4v) is 9.99. The number of carbonyl (C=O) groups is 2. The Bertz CT molecular complexity index is 1030. The van der Waals surface area contributed by atoms with Crippen LogP contribution in [0.2, 0.25) is 0 Å². The van der Waals surface area contributed by atoms with Crippen molar-refractivity contribution >= 4 is 11.9 Å². The summed E-state index contributed by atoms with van der Waals surface area (Å²) in [5.41, 5.74) is 0. The van der Waals surface area contributed by atoms with E-state index in [1.54, 1.807) is 0 Å². The smallest absolute Gasteiger partial charge is 0.305 e. The first-order valence-electron chi connectivity index (χ1n) is 31.4. The number of hydrogen-bond acceptors (Lipinski definition) is 5. The van der Waals surface area contributed by atoms with Crippen molar-refractivity contribution in [3.63, 3.8) is 0 Å². The molecule has 0 heterocycles. The summed E-state index contributed by atoms with van der Waals surface area (Å²) in [6.07, 6.45) is 70.7. The Morgan fingerprint density at radius 2 is 0.681 bits per heavy atom. The monoisotopic (exact) mass is 974 g/mol. The van der Waals surface area contributed by atoms with Crippen molar-refractivity contribution in [2.45, 2.75) is 366 Å². The van der Waals surface area contributed by atoms with Crippen molar-refractivity contribution in [1.29, 1.82) is 0 Å². The molecule has 69 heavy (non-hydrogen) atoms. The quantitative estimate of drug-likeness (QED) is 0.0321. The number of esters is 1. The maximum absolute atomic E-state index is 12.5. The van der Waals surface area contributed by atoms with E-state index in [-0.39, 0.29) is 18.5 Å². The van der Waals surface area contributed by atoms with E-state index in [2.05, 4.69) is 31.3 Å². The van der Waals surface area contributed by atoms with Gasteiger partial charge in [0.1, 0.15) is 0 Å². The Morgan fingerprint density at radius 1 is 0.391 bits per heavy atom. The third kappa shape index (κ3) is 55.8. The first-order valence-corrected chi connectivity index (χ1v) is 31.4. The molecule has 410 valence electrons. The average molecular weight is 975 g/mol. The van der Waals surface area contributed by atoms with Crippen LogP contribution >= 0.6 is 0 Å². The van der Waals surface area contributed by atoms with Gasteiger partial charge in [-0.25, -0.2) is 0 Å². The van der Waals surface area contributed by atoms with E-state index in [1.807, 2.05) is 0 Å². The molecule has 0 radical (unpaired) electrons. The lowest BCUT2D eigenvalue weighted by molar-refractivity contribution is -0.143. The Kier molecular flexibility index (Phi) is 58.0. The van der Waals surface area contributed by atoms with Gasteiger partial charge in [0.25, 0.3) is 0 Å². The maximum Gasteiger partial charge on any atom is 0.305 e. The van der Waals surface area contributed by atoms with Crippen LogP contribution < -0.4 is 5.32 Å². The van der Waals surface area contributed by atoms with Gasteiger partial charge in [0.2, 0.25) is 5.91 Å². The number of aliphatic hydroxyl groups is 2. The number of unbranched alkanes of at least 4 members (excludes halogenated alkanes) is 46. The highest BCUT2D eigenvalue weighted by Crippen LogP contribution is 2.18. The molecule has 6 heteroatoms. The summed E-state index contributed by atoms with van der Waals surface area (Å²) in [4.78, 5) is 24.6. The minimum Gasteiger partial charge on any atom is -0.466 e. The summed E-state index contributed by atoms with van der Waals surface area (Å²) in [6, 6.07) is -0.556. The highest BCUT2D eigenvalue weighted by molar-refractivity contribution is 5.76. The zero-order valence-electron chi connectivity index (χ0n) is 46.8. The van der Waals surface area contributed by atoms with Crippen molar-refractivity contribution in [1.82, 2.24) is 5.32 Å². The van der Waals surface area contributed by atoms with Crippen LogP contribution in [0.15, 0.2) is 12.2 Å². The molecular formula is C63H123NO5. The topological polar surface area (TPSA) is 95.9 Å². The molecule has 0 aliphatic carbocycles. The van der Waals surface area contributed by atoms with Crippen LogP contribution in [0.5, 0.6) is 0 Å². The van der Waals surface area contributed by atoms with Crippen molar-refractivity contribution < 1.29 is 24.5 Å². The van der Waals surface area contributed by atoms with E-state index in [1.165, 1.54) is 263 Å². The molecule has 0 aromatic rings. The molecule has 0 aromatic heterocycles. The number of aliphatic hydroxyl groups excluding tert-OH is 2. The van der Waals surface area contributed by atoms with Gasteiger partial charge in [-0.2, -0.15) is 0 Å². The van der Waals surface area contributed by atoms with Crippen LogP contribution in [0.25, 0.3) is 0 Å². The highest BCUT2D eigenvalue weighted by Gasteiger charge is 2.20. The predicted octanol–water partition coefficient (Wildman–Crippen LogP) is 19.6. The van der Waals surface area contributed by atoms with Crippen LogP contribution in [0.3, 0.4) is 0 Å². The molecule has 0 saturated heterocycles. The fourth-order valence-electron chi connectivity index (χ4n) is 9.99. The maximum atomic E-state index is 12.5. The van der Waals surface area contributed by atoms with Crippen molar-refractivity contribution in [3.8, 4) is 0 Å². The first-order chi connectivity index (χ1) is 34.0. The number of carbonyl (C=O) groups excluding carboxylic acids is 2. The number of rotatable bonds is 59. The van der Waals surface area contributed by atoms with Crippen LogP contribution in [0.1, 0.15) is 354 Å². The SMILES string of the molecule is CCCCCCCC/C=C\CCCCCCCCCC(=O)OCCCCCCCCCCCCCC(=O)NC(CO)C(O)CCCCCCCCCCCCCCCCCCCCCCCCCC. The molecule has 2 unspecified atom stereocenters. The molecule has 0 spiro atoms. The second kappa shape index (κ2) is 59.2. The van der Waals surface area contributed by atoms with E-state index in [4.69, 9.17) is 4.74 Å². The number of amides is 1. The summed E-state index contributed by atoms with van der Waals surface area (Å²) in [5.74, 6) is -0.0649. The molecule has 0 aliphatic rings. The molecule has 2 atom stereocenters. The van der Waals surface area contributed by atoms with Gasteiger partial charge in [0.05, 0.1) is 25.4 Å². The minimum atomic E-state index is -0.678. The second-order valence-electron chi connectivity index (χ2n) is 21.7. The van der Waals surface area contributed by atoms with E-state index < -0.39 is 12.1 Å². The van der Waals surface area contributed by atoms with Crippen LogP contribution in [-0.4, -0.2) is 47.4 Å². The number of allylic oxidation sites excluding steroid dienone is 2. The zero-order valence-corrected chi connectivity index (χ0v) is 46.8. The van der Waals surface area contributed by atoms with Crippen molar-refractivity contribution in [2.75, 3.05) is 13.2 Å². The minimum absolute atomic E-state index is 0.0154. The molecule has 3 N–H and O–H groups in total. The lowest BCUT2D eigenvalue weighted by Crippen LogP contribution is -2.45. The van der Waals surface area contributed by atoms with Gasteiger partial charge in [0.15, 0.2) is 0 Å². The first kappa shape index (κ1) is 67.6. The molecule has 0 bridgehead atoms. The Balaban J connectivity index is 3.44. The number of nitrogens with one attached hydrogen (secondary N) is 1. The molecule has 0 saturated carbocycles. The second-order valence-corrected chi connectivity index (χ2v) is 21.7. The predicted molar refractivity (Wildman–Crippen MR) is 301 cm³/mol. The lowest BCUT2D eigenvalue weighted by atomic mass is 10.0. The third-order valence-electron chi connectivity index (χ3n) is 14.8. The van der Waals surface area contributed by atoms with E-state index in [9.17, 15) is 19.8 Å². The molecule has 6 nitrogen and oxygen atoms in total. The van der Waals surface area contributed by atoms with E-state index in [0.29, 0.717) is 25.9 Å². The summed E-state index contributed by atoms with van der Waals surface area (Å²) >= 11 is 0. The fraction of sp³-hybridized carbons (Fsp3) is 0.937. The normalized spacial score (nSPS) is 12.6. The van der Waals surface area contributed by atoms with Gasteiger partial charge in [-0.15, -0.1) is 0 Å². The van der Waals surface area contributed by atoms with Gasteiger partial charge in [0, 0.05) is 12.8 Å². The van der Waals surface area contributed by atoms with Crippen LogP contribution in [-0.2, 0) is 14.3 Å². The third-order valence-corrected chi connectivity index (χ3v) is 14.8. The lowest BCUT2D eigenvalue weighted by Gasteiger charge is -2.22. The van der Waals surface area contributed by atoms with Crippen molar-refractivity contribution in [3.05, 3.63) is 12.2 Å². The van der Waals surface area contributed by atoms with Gasteiger partial charge in [-0.05, 0) is 51.4 Å². The van der Waals surface area contributed by atoms with E-state index >= 15 is 0 Å². The van der Waals surface area contributed by atoms with Gasteiger partial charge >= 0.3 is 5.97 Å². The standard InChI is InChI=1S/C63H123NO5/c1-3-5-7-9-11-13-15-17-19-21-22-23-24-25-26-27-29-30-32-35-39-43-47-51-55-61(66)60(59-65)64-62(67)56-52-48-44-40-36-34-38-42-46-50-54-58-69-63(68)57-53-49-45-41-37-33-31-28-20-18-16-14-12-10-8-6-4-2/h18,20,60-61,65-66H,3-17,19,21-59H2,1-2H3,(H,64,67)/b20-18-. The Morgan fingerprint density at radius 3 is 1.03 bits per heavy atom. The van der Waals surface area contributed by atoms with Crippen LogP contribution in [0, 0.1) is 0 Å². The molecule has 0 rings (SSSR count).